The maximum absolute atomic E-state index is 12.9. The SMILES string of the molecule is O=[N+]([O-])c1cc(F)c(Cl)c(Cl)c1F. The van der Waals surface area contributed by atoms with Crippen LogP contribution in [0.3, 0.4) is 0 Å². The Morgan fingerprint density at radius 2 is 1.85 bits per heavy atom. The van der Waals surface area contributed by atoms with Gasteiger partial charge in [-0.2, -0.15) is 4.39 Å². The van der Waals surface area contributed by atoms with E-state index in [1.54, 1.807) is 0 Å². The van der Waals surface area contributed by atoms with Gasteiger partial charge in [0.05, 0.1) is 16.0 Å². The Kier molecular flexibility index (Phi) is 2.68. The van der Waals surface area contributed by atoms with E-state index in [-0.39, 0.29) is 0 Å². The molecule has 0 saturated carbocycles. The normalized spacial score (nSPS) is 10.2. The van der Waals surface area contributed by atoms with Crippen molar-refractivity contribution in [1.29, 1.82) is 0 Å². The fourth-order valence-electron chi connectivity index (χ4n) is 0.693. The van der Waals surface area contributed by atoms with E-state index >= 15 is 0 Å². The molecule has 1 rings (SSSR count). The van der Waals surface area contributed by atoms with Gasteiger partial charge in [-0.05, 0) is 0 Å². The first kappa shape index (κ1) is 10.1. The van der Waals surface area contributed by atoms with Crippen molar-refractivity contribution in [2.75, 3.05) is 0 Å². The molecule has 1 aromatic carbocycles. The third-order valence-corrected chi connectivity index (χ3v) is 2.10. The van der Waals surface area contributed by atoms with Crippen LogP contribution < -0.4 is 0 Å². The van der Waals surface area contributed by atoms with Crippen molar-refractivity contribution in [3.8, 4) is 0 Å². The highest BCUT2D eigenvalue weighted by Gasteiger charge is 2.23. The third-order valence-electron chi connectivity index (χ3n) is 1.28. The molecular weight excluding hydrogens is 227 g/mol. The molecule has 0 aliphatic carbocycles. The van der Waals surface area contributed by atoms with E-state index in [9.17, 15) is 18.9 Å². The predicted molar refractivity (Wildman–Crippen MR) is 43.0 cm³/mol. The van der Waals surface area contributed by atoms with Gasteiger partial charge in [-0.1, -0.05) is 23.2 Å². The minimum atomic E-state index is -1.34. The Balaban J connectivity index is 3.50. The van der Waals surface area contributed by atoms with E-state index in [1.807, 2.05) is 0 Å². The smallest absolute Gasteiger partial charge is 0.258 e. The van der Waals surface area contributed by atoms with Gasteiger partial charge in [0.25, 0.3) is 0 Å². The molecule has 0 unspecified atom stereocenters. The highest BCUT2D eigenvalue weighted by molar-refractivity contribution is 6.42. The summed E-state index contributed by atoms with van der Waals surface area (Å²) in [5.41, 5.74) is -1.04. The fourth-order valence-corrected chi connectivity index (χ4v) is 1.02. The number of nitro groups is 1. The lowest BCUT2D eigenvalue weighted by atomic mass is 10.3. The summed E-state index contributed by atoms with van der Waals surface area (Å²) in [6.07, 6.45) is 0. The zero-order valence-electron chi connectivity index (χ0n) is 5.85. The summed E-state index contributed by atoms with van der Waals surface area (Å²) in [7, 11) is 0. The lowest BCUT2D eigenvalue weighted by Gasteiger charge is -1.99. The van der Waals surface area contributed by atoms with Crippen LogP contribution in [-0.2, 0) is 0 Å². The third kappa shape index (κ3) is 1.71. The molecule has 0 atom stereocenters. The van der Waals surface area contributed by atoms with Gasteiger partial charge in [0.15, 0.2) is 0 Å². The van der Waals surface area contributed by atoms with Crippen molar-refractivity contribution in [3.63, 3.8) is 0 Å². The van der Waals surface area contributed by atoms with Gasteiger partial charge in [-0.15, -0.1) is 0 Å². The number of nitrogens with zero attached hydrogens (tertiary/aromatic N) is 1. The maximum Gasteiger partial charge on any atom is 0.309 e. The number of hydrogen-bond acceptors (Lipinski definition) is 2. The fraction of sp³-hybridized carbons (Fsp3) is 0. The van der Waals surface area contributed by atoms with Gasteiger partial charge in [0.1, 0.15) is 10.8 Å². The van der Waals surface area contributed by atoms with E-state index < -0.39 is 32.3 Å². The molecule has 0 heterocycles. The van der Waals surface area contributed by atoms with Gasteiger partial charge < -0.3 is 0 Å². The first-order chi connectivity index (χ1) is 5.95. The lowest BCUT2D eigenvalue weighted by molar-refractivity contribution is -0.387. The Hall–Kier alpha value is -0.940. The number of benzene rings is 1. The second-order valence-electron chi connectivity index (χ2n) is 2.08. The molecule has 0 spiro atoms. The average molecular weight is 228 g/mol. The van der Waals surface area contributed by atoms with Gasteiger partial charge in [-0.3, -0.25) is 10.1 Å². The maximum atomic E-state index is 12.9. The van der Waals surface area contributed by atoms with Gasteiger partial charge in [0.2, 0.25) is 5.82 Å². The van der Waals surface area contributed by atoms with E-state index in [4.69, 9.17) is 23.2 Å². The van der Waals surface area contributed by atoms with Crippen LogP contribution in [0, 0.1) is 21.7 Å². The number of hydrogen-bond donors (Lipinski definition) is 0. The van der Waals surface area contributed by atoms with Gasteiger partial charge in [0, 0.05) is 0 Å². The molecule has 0 aliphatic heterocycles. The van der Waals surface area contributed by atoms with Crippen molar-refractivity contribution < 1.29 is 13.7 Å². The van der Waals surface area contributed by atoms with Crippen molar-refractivity contribution in [1.82, 2.24) is 0 Å². The molecule has 0 saturated heterocycles. The van der Waals surface area contributed by atoms with Crippen molar-refractivity contribution in [2.24, 2.45) is 0 Å². The number of rotatable bonds is 1. The molecule has 0 amide bonds. The van der Waals surface area contributed by atoms with E-state index in [1.165, 1.54) is 0 Å². The van der Waals surface area contributed by atoms with Crippen LogP contribution in [0.5, 0.6) is 0 Å². The molecule has 0 aromatic heterocycles. The summed E-state index contributed by atoms with van der Waals surface area (Å²) in [6, 6.07) is 0.379. The molecule has 0 fully saturated rings. The lowest BCUT2D eigenvalue weighted by Crippen LogP contribution is -1.95. The standard InChI is InChI=1S/C6HCl2F2NO2/c7-4-2(9)1-3(11(12)13)6(10)5(4)8/h1H. The van der Waals surface area contributed by atoms with Crippen molar-refractivity contribution in [2.45, 2.75) is 0 Å². The van der Waals surface area contributed by atoms with Crippen molar-refractivity contribution >= 4 is 28.9 Å². The van der Waals surface area contributed by atoms with Gasteiger partial charge >= 0.3 is 5.69 Å². The van der Waals surface area contributed by atoms with Gasteiger partial charge in [-0.25, -0.2) is 4.39 Å². The topological polar surface area (TPSA) is 43.1 Å². The quantitative estimate of drug-likeness (QED) is 0.320. The highest BCUT2D eigenvalue weighted by atomic mass is 35.5. The van der Waals surface area contributed by atoms with Crippen LogP contribution in [0.25, 0.3) is 0 Å². The summed E-state index contributed by atoms with van der Waals surface area (Å²) in [6.45, 7) is 0. The first-order valence-electron chi connectivity index (χ1n) is 2.92. The molecule has 0 N–H and O–H groups in total. The molecule has 7 heteroatoms. The van der Waals surface area contributed by atoms with Crippen LogP contribution in [0.2, 0.25) is 10.0 Å². The monoisotopic (exact) mass is 227 g/mol. The molecule has 0 bridgehead atoms. The first-order valence-corrected chi connectivity index (χ1v) is 3.68. The zero-order chi connectivity index (χ0) is 10.2. The van der Waals surface area contributed by atoms with E-state index in [2.05, 4.69) is 0 Å². The summed E-state index contributed by atoms with van der Waals surface area (Å²) in [5, 5.41) is 8.69. The minimum absolute atomic E-state index is 0.379. The van der Waals surface area contributed by atoms with Crippen LogP contribution in [-0.4, -0.2) is 4.92 Å². The molecule has 0 radical (unpaired) electrons. The van der Waals surface area contributed by atoms with Crippen molar-refractivity contribution in [3.05, 3.63) is 37.9 Å². The summed E-state index contributed by atoms with van der Waals surface area (Å²) in [5.74, 6) is -2.46. The predicted octanol–water partition coefficient (Wildman–Crippen LogP) is 3.18. The van der Waals surface area contributed by atoms with Crippen LogP contribution in [0.15, 0.2) is 6.07 Å². The van der Waals surface area contributed by atoms with E-state index in [0.717, 1.165) is 0 Å². The summed E-state index contributed by atoms with van der Waals surface area (Å²) in [4.78, 5) is 9.05. The molecule has 0 aliphatic rings. The van der Waals surface area contributed by atoms with E-state index in [0.29, 0.717) is 6.07 Å². The number of nitro benzene ring substituents is 1. The highest BCUT2D eigenvalue weighted by Crippen LogP contribution is 2.33. The van der Waals surface area contributed by atoms with Crippen LogP contribution in [0.1, 0.15) is 0 Å². The average Bonchev–Trinajstić information content (AvgIpc) is 2.07. The zero-order valence-corrected chi connectivity index (χ0v) is 7.36. The minimum Gasteiger partial charge on any atom is -0.258 e. The second kappa shape index (κ2) is 3.43. The largest absolute Gasteiger partial charge is 0.309 e. The second-order valence-corrected chi connectivity index (χ2v) is 2.83. The Bertz CT molecular complexity index is 383. The summed E-state index contributed by atoms with van der Waals surface area (Å²) < 4.78 is 25.6. The molecule has 1 aromatic rings. The molecule has 3 nitrogen and oxygen atoms in total. The Morgan fingerprint density at radius 1 is 1.31 bits per heavy atom. The molecule has 13 heavy (non-hydrogen) atoms. The van der Waals surface area contributed by atoms with Crippen LogP contribution in [0.4, 0.5) is 14.5 Å². The summed E-state index contributed by atoms with van der Waals surface area (Å²) >= 11 is 10.4. The Morgan fingerprint density at radius 3 is 2.31 bits per heavy atom. The molecular formula is C6HCl2F2NO2. The Labute approximate surface area is 81.0 Å². The molecule has 70 valence electrons. The van der Waals surface area contributed by atoms with Crippen LogP contribution >= 0.6 is 23.2 Å². The number of halogens is 4.